The molecule has 10 heteroatoms. The van der Waals surface area contributed by atoms with Gasteiger partial charge in [-0.15, -0.1) is 0 Å². The highest BCUT2D eigenvalue weighted by Gasteiger charge is 2.46. The molecule has 1 heterocycles. The molecular weight excluding hydrogens is 298 g/mol. The van der Waals surface area contributed by atoms with Crippen LogP contribution in [0.3, 0.4) is 0 Å². The first-order valence-electron chi connectivity index (χ1n) is 6.79. The van der Waals surface area contributed by atoms with Crippen LogP contribution in [-0.4, -0.2) is 76.5 Å². The van der Waals surface area contributed by atoms with Crippen molar-refractivity contribution in [1.29, 1.82) is 0 Å². The molecular formula is C12H23N3O7. The molecule has 10 nitrogen and oxygen atoms in total. The van der Waals surface area contributed by atoms with Crippen LogP contribution in [0.5, 0.6) is 0 Å². The van der Waals surface area contributed by atoms with Crippen molar-refractivity contribution >= 4 is 11.8 Å². The maximum atomic E-state index is 11.2. The largest absolute Gasteiger partial charge is 0.394 e. The van der Waals surface area contributed by atoms with Gasteiger partial charge in [0.2, 0.25) is 11.8 Å². The Morgan fingerprint density at radius 1 is 1.36 bits per heavy atom. The highest BCUT2D eigenvalue weighted by atomic mass is 16.7. The lowest BCUT2D eigenvalue weighted by atomic mass is 9.96. The van der Waals surface area contributed by atoms with Crippen molar-refractivity contribution in [1.82, 2.24) is 5.32 Å². The zero-order chi connectivity index (χ0) is 17.0. The number of nitrogens with two attached hydrogens (primary N) is 2. The number of aliphatic hydroxyl groups excluding tert-OH is 3. The fourth-order valence-corrected chi connectivity index (χ4v) is 2.11. The number of hydrogen-bond acceptors (Lipinski definition) is 8. The molecule has 8 N–H and O–H groups in total. The molecule has 128 valence electrons. The summed E-state index contributed by atoms with van der Waals surface area (Å²) in [6, 6.07) is -2.23. The summed E-state index contributed by atoms with van der Waals surface area (Å²) >= 11 is 0. The van der Waals surface area contributed by atoms with Gasteiger partial charge < -0.3 is 41.6 Å². The molecule has 2 amide bonds. The van der Waals surface area contributed by atoms with Crippen LogP contribution < -0.4 is 16.8 Å². The van der Waals surface area contributed by atoms with Crippen molar-refractivity contribution in [2.24, 2.45) is 11.5 Å². The Morgan fingerprint density at radius 3 is 2.41 bits per heavy atom. The third-order valence-electron chi connectivity index (χ3n) is 3.43. The Morgan fingerprint density at radius 2 is 1.95 bits per heavy atom. The van der Waals surface area contributed by atoms with E-state index in [9.17, 15) is 19.8 Å². The van der Waals surface area contributed by atoms with Gasteiger partial charge in [-0.2, -0.15) is 0 Å². The molecule has 0 radical (unpaired) electrons. The zero-order valence-corrected chi connectivity index (χ0v) is 12.4. The molecule has 0 aromatic heterocycles. The van der Waals surface area contributed by atoms with Gasteiger partial charge in [0, 0.05) is 6.92 Å². The Labute approximate surface area is 127 Å². The van der Waals surface area contributed by atoms with Gasteiger partial charge in [0.05, 0.1) is 12.7 Å². The molecule has 1 saturated heterocycles. The third kappa shape index (κ3) is 4.35. The number of primary amides is 1. The molecule has 0 aromatic carbocycles. The SMILES string of the molecule is CC(=O)NC1C(O)[C@H](O)[C@@H](CO)O[C@H]1O[C@H](C)[C@H](N)C(N)=O. The Kier molecular flexibility index (Phi) is 6.66. The van der Waals surface area contributed by atoms with E-state index in [2.05, 4.69) is 5.32 Å². The lowest BCUT2D eigenvalue weighted by Crippen LogP contribution is -2.65. The van der Waals surface area contributed by atoms with Crippen molar-refractivity contribution in [2.45, 2.75) is 56.6 Å². The molecule has 1 aliphatic heterocycles. The van der Waals surface area contributed by atoms with E-state index in [1.54, 1.807) is 0 Å². The van der Waals surface area contributed by atoms with Gasteiger partial charge in [-0.1, -0.05) is 0 Å². The van der Waals surface area contributed by atoms with Crippen molar-refractivity contribution in [3.8, 4) is 0 Å². The fourth-order valence-electron chi connectivity index (χ4n) is 2.11. The molecule has 7 atom stereocenters. The molecule has 0 bridgehead atoms. The third-order valence-corrected chi connectivity index (χ3v) is 3.43. The number of ether oxygens (including phenoxy) is 2. The number of carbonyl (C=O) groups is 2. The van der Waals surface area contributed by atoms with E-state index in [0.29, 0.717) is 0 Å². The van der Waals surface area contributed by atoms with Gasteiger partial charge in [-0.25, -0.2) is 0 Å². The van der Waals surface area contributed by atoms with Crippen LogP contribution in [-0.2, 0) is 19.1 Å². The second-order valence-electron chi connectivity index (χ2n) is 5.20. The number of amides is 2. The summed E-state index contributed by atoms with van der Waals surface area (Å²) in [7, 11) is 0. The Bertz CT molecular complexity index is 408. The van der Waals surface area contributed by atoms with E-state index in [1.165, 1.54) is 13.8 Å². The van der Waals surface area contributed by atoms with Crippen LogP contribution in [0.1, 0.15) is 13.8 Å². The molecule has 0 aliphatic carbocycles. The van der Waals surface area contributed by atoms with Crippen LogP contribution in [0.2, 0.25) is 0 Å². The zero-order valence-electron chi connectivity index (χ0n) is 12.4. The molecule has 1 rings (SSSR count). The van der Waals surface area contributed by atoms with Gasteiger partial charge in [0.25, 0.3) is 0 Å². The molecule has 2 unspecified atom stereocenters. The average Bonchev–Trinajstić information content (AvgIpc) is 2.45. The van der Waals surface area contributed by atoms with Gasteiger partial charge in [0.15, 0.2) is 6.29 Å². The summed E-state index contributed by atoms with van der Waals surface area (Å²) in [5.41, 5.74) is 10.6. The first-order chi connectivity index (χ1) is 10.2. The summed E-state index contributed by atoms with van der Waals surface area (Å²) in [5, 5.41) is 31.4. The normalized spacial score (nSPS) is 34.7. The highest BCUT2D eigenvalue weighted by molar-refractivity contribution is 5.80. The molecule has 1 fully saturated rings. The summed E-state index contributed by atoms with van der Waals surface area (Å²) in [5.74, 6) is -1.28. The van der Waals surface area contributed by atoms with Gasteiger partial charge in [-0.3, -0.25) is 9.59 Å². The van der Waals surface area contributed by atoms with E-state index < -0.39 is 61.2 Å². The van der Waals surface area contributed by atoms with Crippen molar-refractivity contribution in [3.63, 3.8) is 0 Å². The second-order valence-corrected chi connectivity index (χ2v) is 5.20. The number of hydrogen-bond donors (Lipinski definition) is 6. The lowest BCUT2D eigenvalue weighted by molar-refractivity contribution is -0.281. The molecule has 22 heavy (non-hydrogen) atoms. The highest BCUT2D eigenvalue weighted by Crippen LogP contribution is 2.23. The van der Waals surface area contributed by atoms with Crippen LogP contribution in [0.25, 0.3) is 0 Å². The average molecular weight is 321 g/mol. The molecule has 0 spiro atoms. The second kappa shape index (κ2) is 7.81. The predicted octanol–water partition coefficient (Wildman–Crippen LogP) is -3.85. The fraction of sp³-hybridized carbons (Fsp3) is 0.833. The van der Waals surface area contributed by atoms with E-state index in [-0.39, 0.29) is 0 Å². The van der Waals surface area contributed by atoms with Crippen molar-refractivity contribution in [2.75, 3.05) is 6.61 Å². The number of nitrogens with one attached hydrogen (secondary N) is 1. The monoisotopic (exact) mass is 321 g/mol. The summed E-state index contributed by atoms with van der Waals surface area (Å²) in [6.07, 6.45) is -6.05. The van der Waals surface area contributed by atoms with E-state index in [1.807, 2.05) is 0 Å². The van der Waals surface area contributed by atoms with Gasteiger partial charge in [0.1, 0.15) is 30.4 Å². The topological polar surface area (TPSA) is 177 Å². The minimum absolute atomic E-state index is 0.484. The minimum atomic E-state index is -1.43. The van der Waals surface area contributed by atoms with E-state index in [0.717, 1.165) is 0 Å². The summed E-state index contributed by atoms with van der Waals surface area (Å²) < 4.78 is 10.8. The maximum absolute atomic E-state index is 11.2. The molecule has 1 aliphatic rings. The van der Waals surface area contributed by atoms with Crippen molar-refractivity contribution in [3.05, 3.63) is 0 Å². The quantitative estimate of drug-likeness (QED) is 0.288. The van der Waals surface area contributed by atoms with Crippen LogP contribution >= 0.6 is 0 Å². The predicted molar refractivity (Wildman–Crippen MR) is 73.1 cm³/mol. The summed E-state index contributed by atoms with van der Waals surface area (Å²) in [6.45, 7) is 2.11. The Balaban J connectivity index is 2.89. The van der Waals surface area contributed by atoms with E-state index >= 15 is 0 Å². The van der Waals surface area contributed by atoms with Crippen molar-refractivity contribution < 1.29 is 34.4 Å². The van der Waals surface area contributed by atoms with Gasteiger partial charge >= 0.3 is 0 Å². The summed E-state index contributed by atoms with van der Waals surface area (Å²) in [4.78, 5) is 22.3. The Hall–Kier alpha value is -1.30. The first kappa shape index (κ1) is 18.7. The lowest BCUT2D eigenvalue weighted by Gasteiger charge is -2.43. The molecule has 0 aromatic rings. The van der Waals surface area contributed by atoms with Crippen LogP contribution in [0.15, 0.2) is 0 Å². The number of rotatable bonds is 6. The maximum Gasteiger partial charge on any atom is 0.237 e. The smallest absolute Gasteiger partial charge is 0.237 e. The minimum Gasteiger partial charge on any atom is -0.394 e. The first-order valence-corrected chi connectivity index (χ1v) is 6.79. The van der Waals surface area contributed by atoms with E-state index in [4.69, 9.17) is 26.0 Å². The standard InChI is InChI=1S/C12H23N3O7/c1-4(7(13)11(14)20)21-12-8(15-5(2)17)10(19)9(18)6(3-16)22-12/h4,6-10,12,16,18-19H,3,13H2,1-2H3,(H2,14,20)(H,15,17)/t4-,6-,7+,8?,9-,10?,12-/m1/s1. The number of aliphatic hydroxyl groups is 3. The van der Waals surface area contributed by atoms with Crippen LogP contribution in [0, 0.1) is 0 Å². The number of carbonyl (C=O) groups excluding carboxylic acids is 2. The van der Waals surface area contributed by atoms with Crippen LogP contribution in [0.4, 0.5) is 0 Å². The molecule has 0 saturated carbocycles. The van der Waals surface area contributed by atoms with Gasteiger partial charge in [-0.05, 0) is 6.92 Å².